The molecule has 210 valence electrons. The van der Waals surface area contributed by atoms with Crippen molar-refractivity contribution in [1.29, 1.82) is 0 Å². The van der Waals surface area contributed by atoms with Gasteiger partial charge >= 0.3 is 0 Å². The van der Waals surface area contributed by atoms with Gasteiger partial charge in [-0.1, -0.05) is 50.2 Å². The van der Waals surface area contributed by atoms with Crippen LogP contribution in [0.15, 0.2) is 95.0 Å². The van der Waals surface area contributed by atoms with Crippen LogP contribution in [-0.2, 0) is 22.6 Å². The van der Waals surface area contributed by atoms with Crippen molar-refractivity contribution in [3.8, 4) is 11.5 Å². The molecule has 0 spiro atoms. The van der Waals surface area contributed by atoms with Crippen molar-refractivity contribution in [2.45, 2.75) is 39.3 Å². The zero-order valence-corrected chi connectivity index (χ0v) is 23.7. The number of phenolic OH excluding ortho intramolecular Hbond substituents is 1. The molecule has 0 saturated heterocycles. The van der Waals surface area contributed by atoms with Gasteiger partial charge in [-0.15, -0.1) is 0 Å². The van der Waals surface area contributed by atoms with Gasteiger partial charge in [-0.2, -0.15) is 11.3 Å². The van der Waals surface area contributed by atoms with Crippen LogP contribution in [0, 0.1) is 11.2 Å². The molecule has 6 rings (SSSR count). The van der Waals surface area contributed by atoms with Crippen LogP contribution in [0.4, 0.5) is 15.8 Å². The summed E-state index contributed by atoms with van der Waals surface area (Å²) in [6.07, 6.45) is 0.681. The van der Waals surface area contributed by atoms with E-state index in [1.807, 2.05) is 47.2 Å². The summed E-state index contributed by atoms with van der Waals surface area (Å²) in [5.74, 6) is 0.0819. The van der Waals surface area contributed by atoms with Crippen molar-refractivity contribution in [1.82, 2.24) is 0 Å². The largest absolute Gasteiger partial charge is 0.506 e. The molecule has 0 saturated carbocycles. The number of amides is 1. The maximum Gasteiger partial charge on any atom is 0.232 e. The molecule has 6 nitrogen and oxygen atoms in total. The number of phenols is 1. The lowest BCUT2D eigenvalue weighted by molar-refractivity contribution is -0.118. The number of nitrogens with zero attached hydrogens (tertiary/aromatic N) is 1. The van der Waals surface area contributed by atoms with Crippen molar-refractivity contribution in [3.05, 3.63) is 118 Å². The molecule has 3 heterocycles. The van der Waals surface area contributed by atoms with Crippen LogP contribution >= 0.6 is 11.3 Å². The molecule has 2 aliphatic rings. The number of thiophene rings is 1. The Hall–Kier alpha value is -4.30. The van der Waals surface area contributed by atoms with Crippen LogP contribution in [0.25, 0.3) is 0 Å². The number of carbonyl (C=O) groups excluding carboxylic acids is 1. The van der Waals surface area contributed by atoms with Crippen molar-refractivity contribution in [2.24, 2.45) is 5.41 Å². The van der Waals surface area contributed by atoms with Crippen molar-refractivity contribution < 1.29 is 23.8 Å². The number of allylic oxidation sites excluding steroid dienone is 1. The summed E-state index contributed by atoms with van der Waals surface area (Å²) in [5, 5.41) is 18.2. The smallest absolute Gasteiger partial charge is 0.232 e. The zero-order valence-electron chi connectivity index (χ0n) is 22.9. The molecule has 1 aromatic heterocycles. The van der Waals surface area contributed by atoms with E-state index in [-0.39, 0.29) is 29.1 Å². The first-order valence-corrected chi connectivity index (χ1v) is 14.5. The Balaban J connectivity index is 1.47. The molecule has 41 heavy (non-hydrogen) atoms. The summed E-state index contributed by atoms with van der Waals surface area (Å²) in [4.78, 5) is 15.7. The topological polar surface area (TPSA) is 71.0 Å². The number of rotatable bonds is 6. The molecule has 0 unspecified atom stereocenters. The third-order valence-electron chi connectivity index (χ3n) is 7.35. The fourth-order valence-electron chi connectivity index (χ4n) is 5.37. The van der Waals surface area contributed by atoms with Gasteiger partial charge in [0, 0.05) is 17.0 Å². The van der Waals surface area contributed by atoms with E-state index in [0.29, 0.717) is 48.2 Å². The van der Waals surface area contributed by atoms with Gasteiger partial charge < -0.3 is 19.9 Å². The number of ether oxygens (including phenoxy) is 2. The lowest BCUT2D eigenvalue weighted by atomic mass is 9.85. The number of fused-ring (bicyclic) bond motifs is 1. The quantitative estimate of drug-likeness (QED) is 0.234. The van der Waals surface area contributed by atoms with E-state index in [9.17, 15) is 9.90 Å². The molecule has 4 aromatic rings. The zero-order chi connectivity index (χ0) is 28.6. The predicted molar refractivity (Wildman–Crippen MR) is 159 cm³/mol. The number of anilines is 2. The Morgan fingerprint density at radius 3 is 2.71 bits per heavy atom. The molecule has 1 atom stereocenters. The second kappa shape index (κ2) is 10.9. The summed E-state index contributed by atoms with van der Waals surface area (Å²) in [7, 11) is 0. The highest BCUT2D eigenvalue weighted by Gasteiger charge is 2.42. The third-order valence-corrected chi connectivity index (χ3v) is 8.08. The van der Waals surface area contributed by atoms with E-state index >= 15 is 4.39 Å². The number of hydrogen-bond acceptors (Lipinski definition) is 6. The molecule has 8 heteroatoms. The van der Waals surface area contributed by atoms with Crippen molar-refractivity contribution in [3.63, 3.8) is 0 Å². The lowest BCUT2D eigenvalue weighted by Crippen LogP contribution is -2.39. The van der Waals surface area contributed by atoms with E-state index in [0.717, 1.165) is 11.1 Å². The van der Waals surface area contributed by atoms with E-state index in [2.05, 4.69) is 19.2 Å². The van der Waals surface area contributed by atoms with Crippen LogP contribution in [0.3, 0.4) is 0 Å². The monoisotopic (exact) mass is 570 g/mol. The fourth-order valence-corrected chi connectivity index (χ4v) is 6.02. The highest BCUT2D eigenvalue weighted by Crippen LogP contribution is 2.50. The fraction of sp³-hybridized carbons (Fsp3) is 0.242. The number of para-hydroxylation sites is 1. The molecule has 0 bridgehead atoms. The second-order valence-electron chi connectivity index (χ2n) is 11.2. The minimum atomic E-state index is -0.904. The van der Waals surface area contributed by atoms with E-state index in [1.54, 1.807) is 46.6 Å². The van der Waals surface area contributed by atoms with Crippen molar-refractivity contribution in [2.75, 3.05) is 16.8 Å². The first kappa shape index (κ1) is 26.9. The SMILES string of the molecule is CC1(C)COC2=C(C1)Nc1c(O)cccc1N(C(=O)Cc1ccccc1)[C@H]2c1ccc(OCc2ccsc2)cc1F. The Morgan fingerprint density at radius 1 is 1.12 bits per heavy atom. The van der Waals surface area contributed by atoms with Crippen LogP contribution in [-0.4, -0.2) is 17.6 Å². The number of carbonyl (C=O) groups is 1. The number of halogens is 1. The van der Waals surface area contributed by atoms with Gasteiger partial charge in [-0.3, -0.25) is 9.69 Å². The molecule has 2 N–H and O–H groups in total. The minimum absolute atomic E-state index is 0.00598. The standard InChI is InChI=1S/C33H31FN2O4S/c1-33(2)17-26-32(40-20-33)31(24-12-11-23(16-25(24)34)39-18-22-13-14-41-19-22)36(27-9-6-10-28(37)30(27)35-26)29(38)15-21-7-4-3-5-8-21/h3-14,16,19,31,35,37H,15,17-18,20H2,1-2H3/t31-/m0/s1. The molecular formula is C33H31FN2O4S. The number of benzene rings is 3. The highest BCUT2D eigenvalue weighted by atomic mass is 32.1. The van der Waals surface area contributed by atoms with Gasteiger partial charge in [0.15, 0.2) is 0 Å². The van der Waals surface area contributed by atoms with Crippen LogP contribution in [0.1, 0.15) is 43.0 Å². The molecule has 3 aromatic carbocycles. The maximum atomic E-state index is 16.1. The first-order chi connectivity index (χ1) is 19.8. The number of nitrogens with one attached hydrogen (secondary N) is 1. The first-order valence-electron chi connectivity index (χ1n) is 13.5. The summed E-state index contributed by atoms with van der Waals surface area (Å²) in [6.45, 7) is 4.90. The van der Waals surface area contributed by atoms with E-state index in [4.69, 9.17) is 9.47 Å². The second-order valence-corrected chi connectivity index (χ2v) is 12.0. The van der Waals surface area contributed by atoms with Crippen molar-refractivity contribution >= 4 is 28.6 Å². The molecular weight excluding hydrogens is 539 g/mol. The Labute approximate surface area is 242 Å². The average Bonchev–Trinajstić information content (AvgIpc) is 3.42. The van der Waals surface area contributed by atoms with Gasteiger partial charge in [0.2, 0.25) is 5.91 Å². The molecule has 0 fully saturated rings. The van der Waals surface area contributed by atoms with Crippen LogP contribution in [0.2, 0.25) is 0 Å². The maximum absolute atomic E-state index is 16.1. The minimum Gasteiger partial charge on any atom is -0.506 e. The summed E-state index contributed by atoms with van der Waals surface area (Å²) >= 11 is 1.58. The normalized spacial score (nSPS) is 17.5. The lowest BCUT2D eigenvalue weighted by Gasteiger charge is -2.38. The molecule has 1 amide bonds. The molecule has 2 aliphatic heterocycles. The van der Waals surface area contributed by atoms with Crippen LogP contribution < -0.4 is 15.0 Å². The highest BCUT2D eigenvalue weighted by molar-refractivity contribution is 7.07. The summed E-state index contributed by atoms with van der Waals surface area (Å²) in [6, 6.07) is 20.2. The average molecular weight is 571 g/mol. The Bertz CT molecular complexity index is 1600. The number of aromatic hydroxyl groups is 1. The number of hydrogen-bond donors (Lipinski definition) is 2. The predicted octanol–water partition coefficient (Wildman–Crippen LogP) is 7.57. The van der Waals surface area contributed by atoms with Gasteiger partial charge in [-0.25, -0.2) is 4.39 Å². The summed E-state index contributed by atoms with van der Waals surface area (Å²) in [5.41, 5.74) is 3.46. The van der Waals surface area contributed by atoms with Gasteiger partial charge in [0.25, 0.3) is 0 Å². The van der Waals surface area contributed by atoms with Crippen LogP contribution in [0.5, 0.6) is 11.5 Å². The molecule has 0 radical (unpaired) electrons. The Morgan fingerprint density at radius 2 is 1.95 bits per heavy atom. The van der Waals surface area contributed by atoms with E-state index in [1.165, 1.54) is 6.07 Å². The third kappa shape index (κ3) is 5.52. The van der Waals surface area contributed by atoms with Gasteiger partial charge in [0.05, 0.1) is 24.4 Å². The Kier molecular flexibility index (Phi) is 7.17. The molecule has 0 aliphatic carbocycles. The summed E-state index contributed by atoms with van der Waals surface area (Å²) < 4.78 is 28.3. The van der Waals surface area contributed by atoms with Gasteiger partial charge in [-0.05, 0) is 58.6 Å². The van der Waals surface area contributed by atoms with Gasteiger partial charge in [0.1, 0.15) is 41.4 Å². The van der Waals surface area contributed by atoms with E-state index < -0.39 is 11.9 Å².